The number of benzene rings is 2. The van der Waals surface area contributed by atoms with Crippen LogP contribution in [0, 0.1) is 0 Å². The Labute approximate surface area is 194 Å². The van der Waals surface area contributed by atoms with Crippen molar-refractivity contribution in [1.82, 2.24) is 15.1 Å². The smallest absolute Gasteiger partial charge is 0.266 e. The van der Waals surface area contributed by atoms with E-state index in [0.29, 0.717) is 31.6 Å². The third kappa shape index (κ3) is 6.84. The van der Waals surface area contributed by atoms with Gasteiger partial charge in [0.05, 0.1) is 10.6 Å². The largest absolute Gasteiger partial charge is 0.356 e. The fourth-order valence-corrected chi connectivity index (χ4v) is 3.83. The van der Waals surface area contributed by atoms with Crippen molar-refractivity contribution < 1.29 is 13.2 Å². The topological polar surface area (TPSA) is 124 Å². The van der Waals surface area contributed by atoms with Gasteiger partial charge in [-0.3, -0.25) is 9.59 Å². The highest BCUT2D eigenvalue weighted by Crippen LogP contribution is 2.18. The van der Waals surface area contributed by atoms with Gasteiger partial charge in [0.1, 0.15) is 0 Å². The Morgan fingerprint density at radius 1 is 1.03 bits per heavy atom. The molecule has 0 fully saturated rings. The van der Waals surface area contributed by atoms with Crippen molar-refractivity contribution in [2.75, 3.05) is 6.54 Å². The summed E-state index contributed by atoms with van der Waals surface area (Å²) in [6.45, 7) is 0.760. The van der Waals surface area contributed by atoms with Crippen molar-refractivity contribution in [1.29, 1.82) is 0 Å². The van der Waals surface area contributed by atoms with Crippen LogP contribution in [-0.4, -0.2) is 30.7 Å². The molecule has 2 aromatic carbocycles. The first kappa shape index (κ1) is 23.8. The maximum atomic E-state index is 12.1. The number of primary sulfonamides is 1. The average molecular weight is 519 g/mol. The summed E-state index contributed by atoms with van der Waals surface area (Å²) in [5, 5.41) is 12.3. The van der Waals surface area contributed by atoms with Crippen LogP contribution in [0.15, 0.2) is 74.8 Å². The number of rotatable bonds is 9. The molecule has 168 valence electrons. The molecule has 0 bridgehead atoms. The molecule has 1 amide bonds. The number of aromatic nitrogens is 2. The Kier molecular flexibility index (Phi) is 7.94. The first-order chi connectivity index (χ1) is 15.2. The number of nitrogens with zero attached hydrogens (tertiary/aromatic N) is 2. The fourth-order valence-electron chi connectivity index (χ4n) is 3.05. The van der Waals surface area contributed by atoms with Crippen molar-refractivity contribution >= 4 is 31.9 Å². The third-order valence-electron chi connectivity index (χ3n) is 4.77. The van der Waals surface area contributed by atoms with Gasteiger partial charge in [0.2, 0.25) is 15.9 Å². The van der Waals surface area contributed by atoms with Gasteiger partial charge in [-0.15, -0.1) is 0 Å². The molecule has 3 aromatic rings. The van der Waals surface area contributed by atoms with E-state index in [1.54, 1.807) is 18.2 Å². The third-order valence-corrected chi connectivity index (χ3v) is 6.23. The zero-order valence-corrected chi connectivity index (χ0v) is 19.6. The van der Waals surface area contributed by atoms with E-state index in [1.807, 2.05) is 24.3 Å². The van der Waals surface area contributed by atoms with Crippen molar-refractivity contribution in [2.45, 2.75) is 30.7 Å². The molecule has 3 rings (SSSR count). The zero-order valence-electron chi connectivity index (χ0n) is 17.2. The number of sulfonamides is 1. The molecule has 0 atom stereocenters. The van der Waals surface area contributed by atoms with Crippen molar-refractivity contribution in [2.24, 2.45) is 5.14 Å². The van der Waals surface area contributed by atoms with E-state index in [2.05, 4.69) is 26.3 Å². The summed E-state index contributed by atoms with van der Waals surface area (Å²) in [5.41, 5.74) is 2.26. The molecule has 0 unspecified atom stereocenters. The van der Waals surface area contributed by atoms with E-state index >= 15 is 0 Å². The van der Waals surface area contributed by atoms with Crippen LogP contribution in [0.3, 0.4) is 0 Å². The van der Waals surface area contributed by atoms with E-state index in [0.717, 1.165) is 15.6 Å². The van der Waals surface area contributed by atoms with E-state index in [9.17, 15) is 18.0 Å². The lowest BCUT2D eigenvalue weighted by molar-refractivity contribution is -0.121. The van der Waals surface area contributed by atoms with Crippen molar-refractivity contribution in [3.05, 3.63) is 81.1 Å². The van der Waals surface area contributed by atoms with E-state index < -0.39 is 10.0 Å². The Morgan fingerprint density at radius 3 is 2.38 bits per heavy atom. The Bertz CT molecular complexity index is 1240. The van der Waals surface area contributed by atoms with Gasteiger partial charge in [-0.2, -0.15) is 5.10 Å². The summed E-state index contributed by atoms with van der Waals surface area (Å²) < 4.78 is 24.9. The number of carbonyl (C=O) groups excluding carboxylic acids is 1. The molecule has 0 aliphatic carbocycles. The first-order valence-corrected chi connectivity index (χ1v) is 12.3. The van der Waals surface area contributed by atoms with Gasteiger partial charge in [-0.25, -0.2) is 18.2 Å². The van der Waals surface area contributed by atoms with Crippen LogP contribution >= 0.6 is 15.9 Å². The number of amides is 1. The fraction of sp³-hybridized carbons (Fsp3) is 0.227. The summed E-state index contributed by atoms with van der Waals surface area (Å²) in [7, 11) is -3.71. The van der Waals surface area contributed by atoms with E-state index in [-0.39, 0.29) is 22.8 Å². The molecule has 1 heterocycles. The summed E-state index contributed by atoms with van der Waals surface area (Å²) in [4.78, 5) is 24.2. The van der Waals surface area contributed by atoms with E-state index in [4.69, 9.17) is 5.14 Å². The van der Waals surface area contributed by atoms with Gasteiger partial charge in [-0.05, 0) is 48.7 Å². The Morgan fingerprint density at radius 2 is 1.72 bits per heavy atom. The summed E-state index contributed by atoms with van der Waals surface area (Å²) in [5.74, 6) is -0.122. The molecule has 0 saturated carbocycles. The van der Waals surface area contributed by atoms with Crippen LogP contribution < -0.4 is 16.0 Å². The minimum atomic E-state index is -3.71. The number of hydrogen-bond donors (Lipinski definition) is 2. The van der Waals surface area contributed by atoms with Gasteiger partial charge in [-0.1, -0.05) is 40.2 Å². The highest BCUT2D eigenvalue weighted by atomic mass is 79.9. The molecule has 0 aliphatic rings. The number of aryl methyl sites for hydroxylation is 1. The van der Waals surface area contributed by atoms with Gasteiger partial charge < -0.3 is 5.32 Å². The van der Waals surface area contributed by atoms with Crippen molar-refractivity contribution in [3.8, 4) is 11.3 Å². The van der Waals surface area contributed by atoms with Crippen LogP contribution in [-0.2, 0) is 27.8 Å². The molecule has 0 saturated heterocycles. The first-order valence-electron chi connectivity index (χ1n) is 9.95. The van der Waals surface area contributed by atoms with Gasteiger partial charge in [0, 0.05) is 35.6 Å². The van der Waals surface area contributed by atoms with Crippen molar-refractivity contribution in [3.63, 3.8) is 0 Å². The monoisotopic (exact) mass is 518 g/mol. The average Bonchev–Trinajstić information content (AvgIpc) is 2.75. The van der Waals surface area contributed by atoms with Crippen LogP contribution in [0.4, 0.5) is 0 Å². The lowest BCUT2D eigenvalue weighted by Crippen LogP contribution is -2.27. The molecule has 3 N–H and O–H groups in total. The van der Waals surface area contributed by atoms with Gasteiger partial charge in [0.25, 0.3) is 5.56 Å². The number of halogens is 1. The highest BCUT2D eigenvalue weighted by molar-refractivity contribution is 9.10. The minimum absolute atomic E-state index is 0.0540. The highest BCUT2D eigenvalue weighted by Gasteiger charge is 2.08. The molecular weight excluding hydrogens is 496 g/mol. The zero-order chi connectivity index (χ0) is 23.1. The van der Waals surface area contributed by atoms with E-state index in [1.165, 1.54) is 22.9 Å². The second kappa shape index (κ2) is 10.7. The normalized spacial score (nSPS) is 11.3. The van der Waals surface area contributed by atoms with Crippen LogP contribution in [0.5, 0.6) is 0 Å². The number of carbonyl (C=O) groups is 1. The van der Waals surface area contributed by atoms with Crippen LogP contribution in [0.25, 0.3) is 11.3 Å². The lowest BCUT2D eigenvalue weighted by atomic mass is 10.1. The molecule has 0 radical (unpaired) electrons. The molecule has 32 heavy (non-hydrogen) atoms. The van der Waals surface area contributed by atoms with Gasteiger partial charge >= 0.3 is 0 Å². The van der Waals surface area contributed by atoms with Gasteiger partial charge in [0.15, 0.2) is 0 Å². The van der Waals surface area contributed by atoms with Crippen LogP contribution in [0.1, 0.15) is 18.4 Å². The molecule has 0 spiro atoms. The molecule has 8 nitrogen and oxygen atoms in total. The summed E-state index contributed by atoms with van der Waals surface area (Å²) in [6, 6.07) is 17.0. The van der Waals surface area contributed by atoms with Crippen LogP contribution in [0.2, 0.25) is 0 Å². The standard InChI is InChI=1S/C22H23BrN4O4S/c23-18-7-5-17(6-8-18)20-11-12-22(29)27(26-20)15-1-2-21(28)25-14-13-16-3-9-19(10-4-16)32(24,30)31/h3-12H,1-2,13-15H2,(H,25,28)(H2,24,30,31). The number of hydrogen-bond acceptors (Lipinski definition) is 5. The molecule has 1 aromatic heterocycles. The predicted octanol–water partition coefficient (Wildman–Crippen LogP) is 2.46. The second-order valence-corrected chi connectivity index (χ2v) is 9.66. The Balaban J connectivity index is 1.46. The minimum Gasteiger partial charge on any atom is -0.356 e. The second-order valence-electron chi connectivity index (χ2n) is 7.18. The maximum absolute atomic E-state index is 12.1. The predicted molar refractivity (Wildman–Crippen MR) is 125 cm³/mol. The maximum Gasteiger partial charge on any atom is 0.266 e. The summed E-state index contributed by atoms with van der Waals surface area (Å²) >= 11 is 3.39. The number of nitrogens with one attached hydrogen (secondary N) is 1. The SMILES string of the molecule is NS(=O)(=O)c1ccc(CCNC(=O)CCCn2nc(-c3ccc(Br)cc3)ccc2=O)cc1. The molecule has 0 aliphatic heterocycles. The molecule has 10 heteroatoms. The Hall–Kier alpha value is -2.82. The quantitative estimate of drug-likeness (QED) is 0.450. The lowest BCUT2D eigenvalue weighted by Gasteiger charge is -2.08. The molecular formula is C22H23BrN4O4S. The summed E-state index contributed by atoms with van der Waals surface area (Å²) in [6.07, 6.45) is 1.31. The number of nitrogens with two attached hydrogens (primary N) is 1.